The average molecular weight is 232 g/mol. The monoisotopic (exact) mass is 232 g/mol. The second-order valence-electron chi connectivity index (χ2n) is 4.21. The number of carbonyl (C=O) groups excluding carboxylic acids is 1. The van der Waals surface area contributed by atoms with Crippen molar-refractivity contribution in [3.8, 4) is 0 Å². The number of carbonyl (C=O) groups is 1. The van der Waals surface area contributed by atoms with Gasteiger partial charge in [-0.1, -0.05) is 0 Å². The lowest BCUT2D eigenvalue weighted by Gasteiger charge is -2.11. The summed E-state index contributed by atoms with van der Waals surface area (Å²) in [6, 6.07) is 5.63. The Kier molecular flexibility index (Phi) is 2.99. The molecule has 2 heterocycles. The molecule has 0 saturated carbocycles. The van der Waals surface area contributed by atoms with Gasteiger partial charge in [-0.25, -0.2) is 4.68 Å². The fourth-order valence-electron chi connectivity index (χ4n) is 1.70. The summed E-state index contributed by atoms with van der Waals surface area (Å²) in [5.74, 6) is 0.589. The molecule has 0 saturated heterocycles. The maximum absolute atomic E-state index is 12.0. The van der Waals surface area contributed by atoms with Crippen LogP contribution in [0.1, 0.15) is 30.4 Å². The first kappa shape index (κ1) is 11.4. The molecule has 0 fully saturated rings. The van der Waals surface area contributed by atoms with E-state index in [1.54, 1.807) is 27.6 Å². The normalized spacial score (nSPS) is 10.8. The summed E-state index contributed by atoms with van der Waals surface area (Å²) < 4.78 is 3.56. The number of nitrogens with zero attached hydrogens (tertiary/aromatic N) is 3. The van der Waals surface area contributed by atoms with E-state index in [1.807, 2.05) is 33.2 Å². The topological polar surface area (TPSA) is 51.9 Å². The van der Waals surface area contributed by atoms with Gasteiger partial charge in [0, 0.05) is 25.4 Å². The summed E-state index contributed by atoms with van der Waals surface area (Å²) in [7, 11) is 1.84. The third-order valence-electron chi connectivity index (χ3n) is 2.58. The van der Waals surface area contributed by atoms with Crippen LogP contribution in [0, 0.1) is 0 Å². The minimum atomic E-state index is -0.125. The van der Waals surface area contributed by atoms with E-state index in [0.717, 1.165) is 0 Å². The Morgan fingerprint density at radius 3 is 2.76 bits per heavy atom. The Balaban J connectivity index is 2.19. The standard InChI is InChI=1S/C12H16N4O/c1-9(2)16-11(6-7-13-16)14-12(17)10-5-4-8-15(10)3/h4-9H,1-3H3,(H,14,17). The van der Waals surface area contributed by atoms with Gasteiger partial charge in [-0.05, 0) is 26.0 Å². The van der Waals surface area contributed by atoms with E-state index in [2.05, 4.69) is 10.4 Å². The van der Waals surface area contributed by atoms with Crippen LogP contribution in [-0.2, 0) is 7.05 Å². The number of amides is 1. The Hall–Kier alpha value is -2.04. The highest BCUT2D eigenvalue weighted by atomic mass is 16.2. The van der Waals surface area contributed by atoms with Crippen LogP contribution in [0.15, 0.2) is 30.6 Å². The number of anilines is 1. The predicted molar refractivity (Wildman–Crippen MR) is 66.0 cm³/mol. The van der Waals surface area contributed by atoms with Gasteiger partial charge >= 0.3 is 0 Å². The molecule has 1 amide bonds. The molecule has 1 N–H and O–H groups in total. The van der Waals surface area contributed by atoms with Gasteiger partial charge in [0.2, 0.25) is 0 Å². The van der Waals surface area contributed by atoms with Gasteiger partial charge in [0.25, 0.3) is 5.91 Å². The second-order valence-corrected chi connectivity index (χ2v) is 4.21. The van der Waals surface area contributed by atoms with E-state index in [1.165, 1.54) is 0 Å². The fourth-order valence-corrected chi connectivity index (χ4v) is 1.70. The van der Waals surface area contributed by atoms with Crippen LogP contribution in [0.3, 0.4) is 0 Å². The molecule has 2 aromatic heterocycles. The van der Waals surface area contributed by atoms with Gasteiger partial charge in [0.05, 0.1) is 6.20 Å². The predicted octanol–water partition coefficient (Wildman–Crippen LogP) is 2.05. The van der Waals surface area contributed by atoms with Crippen molar-refractivity contribution in [2.24, 2.45) is 7.05 Å². The second kappa shape index (κ2) is 4.45. The zero-order chi connectivity index (χ0) is 12.4. The molecule has 0 unspecified atom stereocenters. The van der Waals surface area contributed by atoms with Crippen molar-refractivity contribution in [3.05, 3.63) is 36.3 Å². The van der Waals surface area contributed by atoms with Crippen LogP contribution >= 0.6 is 0 Å². The number of aromatic nitrogens is 3. The Labute approximate surface area is 100 Å². The van der Waals surface area contributed by atoms with E-state index >= 15 is 0 Å². The molecule has 17 heavy (non-hydrogen) atoms. The van der Waals surface area contributed by atoms with Gasteiger partial charge in [-0.2, -0.15) is 5.10 Å². The van der Waals surface area contributed by atoms with Crippen molar-refractivity contribution in [1.29, 1.82) is 0 Å². The summed E-state index contributed by atoms with van der Waals surface area (Å²) in [5.41, 5.74) is 0.626. The van der Waals surface area contributed by atoms with Crippen molar-refractivity contribution < 1.29 is 4.79 Å². The summed E-state index contributed by atoms with van der Waals surface area (Å²) in [4.78, 5) is 12.0. The van der Waals surface area contributed by atoms with Gasteiger partial charge in [-0.15, -0.1) is 0 Å². The minimum absolute atomic E-state index is 0.125. The smallest absolute Gasteiger partial charge is 0.273 e. The SMILES string of the molecule is CC(C)n1nccc1NC(=O)c1cccn1C. The molecule has 5 heteroatoms. The number of rotatable bonds is 3. The fraction of sp³-hybridized carbons (Fsp3) is 0.333. The molecule has 0 spiro atoms. The van der Waals surface area contributed by atoms with Crippen LogP contribution in [-0.4, -0.2) is 20.3 Å². The minimum Gasteiger partial charge on any atom is -0.347 e. The lowest BCUT2D eigenvalue weighted by Crippen LogP contribution is -2.18. The Bertz CT molecular complexity index is 524. The van der Waals surface area contributed by atoms with Crippen LogP contribution in [0.2, 0.25) is 0 Å². The number of nitrogens with one attached hydrogen (secondary N) is 1. The zero-order valence-corrected chi connectivity index (χ0v) is 10.2. The third-order valence-corrected chi connectivity index (χ3v) is 2.58. The van der Waals surface area contributed by atoms with Crippen LogP contribution in [0.4, 0.5) is 5.82 Å². The first-order valence-electron chi connectivity index (χ1n) is 5.56. The van der Waals surface area contributed by atoms with Crippen molar-refractivity contribution in [3.63, 3.8) is 0 Å². The van der Waals surface area contributed by atoms with Gasteiger partial charge in [0.1, 0.15) is 11.5 Å². The molecule has 2 rings (SSSR count). The Morgan fingerprint density at radius 1 is 1.41 bits per heavy atom. The number of hydrogen-bond donors (Lipinski definition) is 1. The molecule has 2 aromatic rings. The summed E-state index contributed by atoms with van der Waals surface area (Å²) in [6.45, 7) is 4.04. The lowest BCUT2D eigenvalue weighted by molar-refractivity contribution is 0.101. The van der Waals surface area contributed by atoms with Crippen molar-refractivity contribution in [1.82, 2.24) is 14.3 Å². The van der Waals surface area contributed by atoms with E-state index in [9.17, 15) is 4.79 Å². The van der Waals surface area contributed by atoms with Crippen LogP contribution in [0.5, 0.6) is 0 Å². The van der Waals surface area contributed by atoms with Crippen LogP contribution < -0.4 is 5.32 Å². The zero-order valence-electron chi connectivity index (χ0n) is 10.2. The molecule has 0 radical (unpaired) electrons. The largest absolute Gasteiger partial charge is 0.347 e. The summed E-state index contributed by atoms with van der Waals surface area (Å²) >= 11 is 0. The molecule has 0 atom stereocenters. The summed E-state index contributed by atoms with van der Waals surface area (Å²) in [5, 5.41) is 7.02. The molecular formula is C12H16N4O. The lowest BCUT2D eigenvalue weighted by atomic mass is 10.4. The highest BCUT2D eigenvalue weighted by Crippen LogP contribution is 2.14. The molecule has 0 aromatic carbocycles. The van der Waals surface area contributed by atoms with Gasteiger partial charge in [0.15, 0.2) is 0 Å². The number of aryl methyl sites for hydroxylation is 1. The molecule has 0 aliphatic carbocycles. The van der Waals surface area contributed by atoms with E-state index in [4.69, 9.17) is 0 Å². The highest BCUT2D eigenvalue weighted by molar-refractivity contribution is 6.02. The first-order valence-corrected chi connectivity index (χ1v) is 5.56. The van der Waals surface area contributed by atoms with Crippen LogP contribution in [0.25, 0.3) is 0 Å². The third kappa shape index (κ3) is 2.22. The quantitative estimate of drug-likeness (QED) is 0.880. The van der Waals surface area contributed by atoms with E-state index in [0.29, 0.717) is 11.5 Å². The average Bonchev–Trinajstić information content (AvgIpc) is 2.86. The molecule has 90 valence electrons. The molecule has 5 nitrogen and oxygen atoms in total. The molecule has 0 aliphatic rings. The van der Waals surface area contributed by atoms with E-state index < -0.39 is 0 Å². The summed E-state index contributed by atoms with van der Waals surface area (Å²) in [6.07, 6.45) is 3.52. The maximum Gasteiger partial charge on any atom is 0.273 e. The molecular weight excluding hydrogens is 216 g/mol. The molecule has 0 bridgehead atoms. The van der Waals surface area contributed by atoms with Gasteiger partial charge in [-0.3, -0.25) is 4.79 Å². The van der Waals surface area contributed by atoms with Crippen molar-refractivity contribution in [2.75, 3.05) is 5.32 Å². The van der Waals surface area contributed by atoms with E-state index in [-0.39, 0.29) is 11.9 Å². The first-order chi connectivity index (χ1) is 8.09. The highest BCUT2D eigenvalue weighted by Gasteiger charge is 2.12. The van der Waals surface area contributed by atoms with Crippen molar-refractivity contribution >= 4 is 11.7 Å². The molecule has 0 aliphatic heterocycles. The van der Waals surface area contributed by atoms with Gasteiger partial charge < -0.3 is 9.88 Å². The Morgan fingerprint density at radius 2 is 2.18 bits per heavy atom. The van der Waals surface area contributed by atoms with Crippen molar-refractivity contribution in [2.45, 2.75) is 19.9 Å². The number of hydrogen-bond acceptors (Lipinski definition) is 2. The maximum atomic E-state index is 12.0.